The Bertz CT molecular complexity index is 652. The van der Waals surface area contributed by atoms with Crippen molar-refractivity contribution in [3.05, 3.63) is 29.3 Å². The van der Waals surface area contributed by atoms with E-state index in [0.717, 1.165) is 30.6 Å². The number of hydrogen-bond donors (Lipinski definition) is 2. The Morgan fingerprint density at radius 2 is 2.12 bits per heavy atom. The maximum absolute atomic E-state index is 13.1. The second-order valence-corrected chi connectivity index (χ2v) is 6.85. The van der Waals surface area contributed by atoms with Crippen molar-refractivity contribution in [3.63, 3.8) is 0 Å². The number of halogens is 1. The van der Waals surface area contributed by atoms with Crippen LogP contribution in [0, 0.1) is 12.8 Å². The van der Waals surface area contributed by atoms with E-state index < -0.39 is 0 Å². The van der Waals surface area contributed by atoms with Crippen LogP contribution in [-0.4, -0.2) is 49.1 Å². The molecule has 25 heavy (non-hydrogen) atoms. The standard InChI is InChI=1S/C18H26N4O2.ClH/c1-12-6-8-21(14(10-12)11-19)17(23)15-4-3-5-16(13(15)2)22-9-7-20-18(22)24;/h3-5,12,14H,6-11,19H2,1-2H3,(H,20,24);1H. The smallest absolute Gasteiger partial charge is 0.322 e. The van der Waals surface area contributed by atoms with Crippen LogP contribution in [0.5, 0.6) is 0 Å². The molecule has 2 heterocycles. The van der Waals surface area contributed by atoms with Crippen LogP contribution in [0.2, 0.25) is 0 Å². The van der Waals surface area contributed by atoms with Gasteiger partial charge in [-0.1, -0.05) is 13.0 Å². The highest BCUT2D eigenvalue weighted by atomic mass is 35.5. The van der Waals surface area contributed by atoms with Crippen LogP contribution < -0.4 is 16.0 Å². The number of benzene rings is 1. The first-order valence-electron chi connectivity index (χ1n) is 8.69. The number of carbonyl (C=O) groups excluding carboxylic acids is 2. The van der Waals surface area contributed by atoms with Crippen molar-refractivity contribution in [2.24, 2.45) is 11.7 Å². The number of amides is 3. The zero-order valence-corrected chi connectivity index (χ0v) is 15.6. The average molecular weight is 367 g/mol. The third-order valence-electron chi connectivity index (χ3n) is 5.19. The topological polar surface area (TPSA) is 78.7 Å². The molecule has 2 aliphatic rings. The molecule has 2 fully saturated rings. The Morgan fingerprint density at radius 3 is 2.76 bits per heavy atom. The third kappa shape index (κ3) is 3.75. The van der Waals surface area contributed by atoms with Gasteiger partial charge in [-0.25, -0.2) is 4.79 Å². The molecule has 0 aliphatic carbocycles. The number of anilines is 1. The fraction of sp³-hybridized carbons (Fsp3) is 0.556. The van der Waals surface area contributed by atoms with Crippen molar-refractivity contribution in [2.75, 3.05) is 31.1 Å². The summed E-state index contributed by atoms with van der Waals surface area (Å²) in [6, 6.07) is 5.59. The van der Waals surface area contributed by atoms with E-state index in [0.29, 0.717) is 31.1 Å². The molecule has 2 aliphatic heterocycles. The molecule has 2 unspecified atom stereocenters. The fourth-order valence-electron chi connectivity index (χ4n) is 3.75. The van der Waals surface area contributed by atoms with Crippen molar-refractivity contribution >= 4 is 30.0 Å². The van der Waals surface area contributed by atoms with Gasteiger partial charge >= 0.3 is 6.03 Å². The molecule has 0 bridgehead atoms. The third-order valence-corrected chi connectivity index (χ3v) is 5.19. The van der Waals surface area contributed by atoms with E-state index in [4.69, 9.17) is 5.73 Å². The SMILES string of the molecule is Cc1c(C(=O)N2CCC(C)CC2CN)cccc1N1CCNC1=O.Cl. The van der Waals surface area contributed by atoms with E-state index in [1.165, 1.54) is 0 Å². The van der Waals surface area contributed by atoms with Crippen LogP contribution in [0.15, 0.2) is 18.2 Å². The summed E-state index contributed by atoms with van der Waals surface area (Å²) >= 11 is 0. The Labute approximate surface area is 155 Å². The molecule has 0 aromatic heterocycles. The van der Waals surface area contributed by atoms with Gasteiger partial charge in [0.1, 0.15) is 0 Å². The van der Waals surface area contributed by atoms with Gasteiger partial charge in [0.2, 0.25) is 0 Å². The fourth-order valence-corrected chi connectivity index (χ4v) is 3.75. The summed E-state index contributed by atoms with van der Waals surface area (Å²) in [5.74, 6) is 0.625. The first kappa shape index (κ1) is 19.5. The maximum atomic E-state index is 13.1. The largest absolute Gasteiger partial charge is 0.336 e. The summed E-state index contributed by atoms with van der Waals surface area (Å²) in [5.41, 5.74) is 8.24. The normalized spacial score (nSPS) is 23.2. The minimum Gasteiger partial charge on any atom is -0.336 e. The second kappa shape index (κ2) is 8.06. The van der Waals surface area contributed by atoms with Crippen molar-refractivity contribution in [1.29, 1.82) is 0 Å². The molecule has 3 N–H and O–H groups in total. The number of rotatable bonds is 3. The predicted octanol–water partition coefficient (Wildman–Crippen LogP) is 2.15. The van der Waals surface area contributed by atoms with Gasteiger partial charge in [0.05, 0.1) is 0 Å². The molecular formula is C18H27ClN4O2. The molecule has 7 heteroatoms. The van der Waals surface area contributed by atoms with Gasteiger partial charge in [-0.3, -0.25) is 9.69 Å². The Kier molecular flexibility index (Phi) is 6.30. The van der Waals surface area contributed by atoms with Crippen molar-refractivity contribution in [1.82, 2.24) is 10.2 Å². The van der Waals surface area contributed by atoms with E-state index in [9.17, 15) is 9.59 Å². The highest BCUT2D eigenvalue weighted by Crippen LogP contribution is 2.28. The second-order valence-electron chi connectivity index (χ2n) is 6.85. The van der Waals surface area contributed by atoms with Crippen molar-refractivity contribution < 1.29 is 9.59 Å². The highest BCUT2D eigenvalue weighted by Gasteiger charge is 2.31. The first-order valence-corrected chi connectivity index (χ1v) is 8.69. The Balaban J connectivity index is 0.00000225. The van der Waals surface area contributed by atoms with Gasteiger partial charge in [0, 0.05) is 43.5 Å². The molecule has 3 amide bonds. The summed E-state index contributed by atoms with van der Waals surface area (Å²) in [6.45, 7) is 6.62. The Morgan fingerprint density at radius 1 is 1.36 bits per heavy atom. The monoisotopic (exact) mass is 366 g/mol. The number of nitrogens with one attached hydrogen (secondary N) is 1. The molecule has 1 aromatic carbocycles. The number of piperidine rings is 1. The van der Waals surface area contributed by atoms with Gasteiger partial charge in [-0.15, -0.1) is 12.4 Å². The average Bonchev–Trinajstić information content (AvgIpc) is 3.00. The molecule has 2 atom stereocenters. The number of urea groups is 1. The predicted molar refractivity (Wildman–Crippen MR) is 101 cm³/mol. The lowest BCUT2D eigenvalue weighted by atomic mass is 9.91. The van der Waals surface area contributed by atoms with Gasteiger partial charge in [-0.2, -0.15) is 0 Å². The summed E-state index contributed by atoms with van der Waals surface area (Å²) in [7, 11) is 0. The number of carbonyl (C=O) groups is 2. The molecule has 2 saturated heterocycles. The van der Waals surface area contributed by atoms with E-state index >= 15 is 0 Å². The maximum Gasteiger partial charge on any atom is 0.322 e. The summed E-state index contributed by atoms with van der Waals surface area (Å²) in [5, 5.41) is 2.80. The van der Waals surface area contributed by atoms with Gasteiger partial charge in [-0.05, 0) is 43.4 Å². The molecule has 0 radical (unpaired) electrons. The van der Waals surface area contributed by atoms with E-state index in [2.05, 4.69) is 12.2 Å². The zero-order valence-electron chi connectivity index (χ0n) is 14.8. The van der Waals surface area contributed by atoms with Gasteiger partial charge in [0.15, 0.2) is 0 Å². The van der Waals surface area contributed by atoms with Crippen LogP contribution in [0.25, 0.3) is 0 Å². The molecule has 0 spiro atoms. The first-order chi connectivity index (χ1) is 11.5. The zero-order chi connectivity index (χ0) is 17.3. The molecule has 3 rings (SSSR count). The van der Waals surface area contributed by atoms with E-state index in [1.807, 2.05) is 30.0 Å². The lowest BCUT2D eigenvalue weighted by Crippen LogP contribution is -2.49. The number of likely N-dealkylation sites (tertiary alicyclic amines) is 1. The van der Waals surface area contributed by atoms with Crippen LogP contribution >= 0.6 is 12.4 Å². The quantitative estimate of drug-likeness (QED) is 0.860. The molecule has 0 saturated carbocycles. The number of nitrogens with two attached hydrogens (primary N) is 1. The van der Waals surface area contributed by atoms with Gasteiger partial charge < -0.3 is 16.0 Å². The van der Waals surface area contributed by atoms with Crippen molar-refractivity contribution in [3.8, 4) is 0 Å². The highest BCUT2D eigenvalue weighted by molar-refractivity contribution is 6.00. The van der Waals surface area contributed by atoms with Crippen LogP contribution in [0.4, 0.5) is 10.5 Å². The van der Waals surface area contributed by atoms with Crippen molar-refractivity contribution in [2.45, 2.75) is 32.7 Å². The molecule has 1 aromatic rings. The van der Waals surface area contributed by atoms with Gasteiger partial charge in [0.25, 0.3) is 5.91 Å². The van der Waals surface area contributed by atoms with E-state index in [1.54, 1.807) is 4.90 Å². The molecule has 6 nitrogen and oxygen atoms in total. The lowest BCUT2D eigenvalue weighted by molar-refractivity contribution is 0.0573. The summed E-state index contributed by atoms with van der Waals surface area (Å²) < 4.78 is 0. The number of nitrogens with zero attached hydrogens (tertiary/aromatic N) is 2. The van der Waals surface area contributed by atoms with Crippen LogP contribution in [0.1, 0.15) is 35.7 Å². The Hall–Kier alpha value is -1.79. The summed E-state index contributed by atoms with van der Waals surface area (Å²) in [4.78, 5) is 28.7. The van der Waals surface area contributed by atoms with Crippen LogP contribution in [0.3, 0.4) is 0 Å². The minimum absolute atomic E-state index is 0. The van der Waals surface area contributed by atoms with E-state index in [-0.39, 0.29) is 30.4 Å². The van der Waals surface area contributed by atoms with Crippen LogP contribution in [-0.2, 0) is 0 Å². The molecule has 138 valence electrons. The minimum atomic E-state index is -0.102. The number of hydrogen-bond acceptors (Lipinski definition) is 3. The lowest BCUT2D eigenvalue weighted by Gasteiger charge is -2.38. The molecular weight excluding hydrogens is 340 g/mol. The summed E-state index contributed by atoms with van der Waals surface area (Å²) in [6.07, 6.45) is 1.96.